The number of hydrogen-bond acceptors (Lipinski definition) is 4. The minimum absolute atomic E-state index is 0.00179. The number of rotatable bonds is 2. The van der Waals surface area contributed by atoms with Crippen LogP contribution in [0, 0.1) is 16.7 Å². The van der Waals surface area contributed by atoms with E-state index < -0.39 is 5.41 Å². The molecular formula is C17H22N2O2S. The van der Waals surface area contributed by atoms with Crippen molar-refractivity contribution in [3.8, 4) is 6.07 Å². The van der Waals surface area contributed by atoms with Gasteiger partial charge in [-0.05, 0) is 42.2 Å². The molecule has 1 aliphatic heterocycles. The highest BCUT2D eigenvalue weighted by Gasteiger charge is 2.44. The first-order chi connectivity index (χ1) is 10.6. The van der Waals surface area contributed by atoms with Gasteiger partial charge in [0.2, 0.25) is 5.91 Å². The predicted molar refractivity (Wildman–Crippen MR) is 85.3 cm³/mol. The van der Waals surface area contributed by atoms with E-state index in [1.54, 1.807) is 11.3 Å². The molecule has 0 bridgehead atoms. The molecule has 0 N–H and O–H groups in total. The number of ether oxygens (including phenoxy) is 1. The first-order valence-corrected chi connectivity index (χ1v) is 8.97. The normalized spacial score (nSPS) is 28.1. The van der Waals surface area contributed by atoms with E-state index in [1.807, 2.05) is 17.2 Å². The molecule has 4 nitrogen and oxygen atoms in total. The van der Waals surface area contributed by atoms with Crippen molar-refractivity contribution in [3.63, 3.8) is 0 Å². The molecule has 0 radical (unpaired) electrons. The van der Waals surface area contributed by atoms with Crippen LogP contribution in [0.1, 0.15) is 50.7 Å². The lowest BCUT2D eigenvalue weighted by Gasteiger charge is -2.41. The van der Waals surface area contributed by atoms with Gasteiger partial charge in [0.15, 0.2) is 0 Å². The summed E-state index contributed by atoms with van der Waals surface area (Å²) in [6.45, 7) is 3.14. The molecule has 5 heteroatoms. The Morgan fingerprint density at radius 2 is 2.18 bits per heavy atom. The third-order valence-electron chi connectivity index (χ3n) is 4.79. The number of nitriles is 1. The van der Waals surface area contributed by atoms with Crippen LogP contribution < -0.4 is 0 Å². The van der Waals surface area contributed by atoms with Crippen LogP contribution in [-0.4, -0.2) is 30.0 Å². The van der Waals surface area contributed by atoms with Crippen molar-refractivity contribution in [2.45, 2.75) is 51.2 Å². The monoisotopic (exact) mass is 318 g/mol. The number of hydrogen-bond donors (Lipinski definition) is 0. The van der Waals surface area contributed by atoms with Crippen LogP contribution >= 0.6 is 11.3 Å². The summed E-state index contributed by atoms with van der Waals surface area (Å²) in [5, 5.41) is 13.7. The minimum Gasteiger partial charge on any atom is -0.367 e. The second-order valence-electron chi connectivity index (χ2n) is 6.46. The zero-order valence-electron chi connectivity index (χ0n) is 13.0. The van der Waals surface area contributed by atoms with E-state index in [0.29, 0.717) is 25.9 Å². The van der Waals surface area contributed by atoms with Crippen molar-refractivity contribution in [1.82, 2.24) is 4.90 Å². The highest BCUT2D eigenvalue weighted by molar-refractivity contribution is 7.07. The Morgan fingerprint density at radius 3 is 2.82 bits per heavy atom. The molecule has 2 heterocycles. The van der Waals surface area contributed by atoms with E-state index in [1.165, 1.54) is 0 Å². The molecule has 1 amide bonds. The van der Waals surface area contributed by atoms with Crippen molar-refractivity contribution in [2.24, 2.45) is 5.41 Å². The zero-order chi connectivity index (χ0) is 15.6. The van der Waals surface area contributed by atoms with Crippen molar-refractivity contribution in [3.05, 3.63) is 22.4 Å². The summed E-state index contributed by atoms with van der Waals surface area (Å²) in [6.07, 6.45) is 4.43. The molecule has 2 unspecified atom stereocenters. The van der Waals surface area contributed by atoms with Crippen LogP contribution in [-0.2, 0) is 9.53 Å². The maximum absolute atomic E-state index is 13.0. The fourth-order valence-corrected chi connectivity index (χ4v) is 4.29. The van der Waals surface area contributed by atoms with E-state index in [9.17, 15) is 10.1 Å². The highest BCUT2D eigenvalue weighted by atomic mass is 32.1. The van der Waals surface area contributed by atoms with Gasteiger partial charge in [-0.1, -0.05) is 19.3 Å². The minimum atomic E-state index is -0.797. The number of amides is 1. The van der Waals surface area contributed by atoms with Gasteiger partial charge in [-0.3, -0.25) is 4.79 Å². The van der Waals surface area contributed by atoms with E-state index in [-0.39, 0.29) is 18.1 Å². The van der Waals surface area contributed by atoms with Gasteiger partial charge in [-0.25, -0.2) is 0 Å². The summed E-state index contributed by atoms with van der Waals surface area (Å²) in [7, 11) is 0. The lowest BCUT2D eigenvalue weighted by Crippen LogP contribution is -2.51. The van der Waals surface area contributed by atoms with Crippen LogP contribution in [0.5, 0.6) is 0 Å². The summed E-state index contributed by atoms with van der Waals surface area (Å²) in [4.78, 5) is 14.9. The molecule has 1 aromatic heterocycles. The first kappa shape index (κ1) is 15.5. The molecule has 2 atom stereocenters. The molecule has 0 spiro atoms. The maximum atomic E-state index is 13.0. The van der Waals surface area contributed by atoms with Gasteiger partial charge in [0.25, 0.3) is 0 Å². The largest absolute Gasteiger partial charge is 0.367 e. The molecular weight excluding hydrogens is 296 g/mol. The molecule has 22 heavy (non-hydrogen) atoms. The fraction of sp³-hybridized carbons (Fsp3) is 0.647. The van der Waals surface area contributed by atoms with Gasteiger partial charge in [0.1, 0.15) is 11.5 Å². The standard InChI is InChI=1S/C17H22N2O2S/c1-13-9-19(10-15(21-13)14-5-8-22-11-14)16(20)17(12-18)6-3-2-4-7-17/h5,8,11,13,15H,2-4,6-7,9-10H2,1H3. The Balaban J connectivity index is 1.78. The summed E-state index contributed by atoms with van der Waals surface area (Å²) in [5.41, 5.74) is 0.332. The van der Waals surface area contributed by atoms with Gasteiger partial charge in [-0.15, -0.1) is 0 Å². The second kappa shape index (κ2) is 6.39. The number of nitrogens with zero attached hydrogens (tertiary/aromatic N) is 2. The number of carbonyl (C=O) groups excluding carboxylic acids is 1. The maximum Gasteiger partial charge on any atom is 0.243 e. The third-order valence-corrected chi connectivity index (χ3v) is 5.49. The Bertz CT molecular complexity index is 558. The van der Waals surface area contributed by atoms with E-state index >= 15 is 0 Å². The van der Waals surface area contributed by atoms with Crippen molar-refractivity contribution in [2.75, 3.05) is 13.1 Å². The molecule has 3 rings (SSSR count). The third kappa shape index (κ3) is 2.90. The van der Waals surface area contributed by atoms with Gasteiger partial charge < -0.3 is 9.64 Å². The van der Waals surface area contributed by atoms with Gasteiger partial charge in [0.05, 0.1) is 18.7 Å². The average molecular weight is 318 g/mol. The van der Waals surface area contributed by atoms with Crippen LogP contribution in [0.15, 0.2) is 16.8 Å². The molecule has 1 aromatic rings. The fourth-order valence-electron chi connectivity index (χ4n) is 3.59. The van der Waals surface area contributed by atoms with E-state index in [0.717, 1.165) is 24.8 Å². The first-order valence-electron chi connectivity index (χ1n) is 8.03. The predicted octanol–water partition coefficient (Wildman–Crippen LogP) is 3.51. The van der Waals surface area contributed by atoms with Gasteiger partial charge >= 0.3 is 0 Å². The Morgan fingerprint density at radius 1 is 1.41 bits per heavy atom. The van der Waals surface area contributed by atoms with Crippen molar-refractivity contribution >= 4 is 17.2 Å². The smallest absolute Gasteiger partial charge is 0.243 e. The molecule has 2 fully saturated rings. The number of thiophene rings is 1. The Kier molecular flexibility index (Phi) is 4.51. The quantitative estimate of drug-likeness (QED) is 0.838. The topological polar surface area (TPSA) is 53.3 Å². The highest BCUT2D eigenvalue weighted by Crippen LogP contribution is 2.39. The van der Waals surface area contributed by atoms with Crippen molar-refractivity contribution in [1.29, 1.82) is 5.26 Å². The lowest BCUT2D eigenvalue weighted by molar-refractivity contribution is -0.153. The summed E-state index contributed by atoms with van der Waals surface area (Å²) < 4.78 is 5.99. The second-order valence-corrected chi connectivity index (χ2v) is 7.24. The molecule has 1 saturated carbocycles. The summed E-state index contributed by atoms with van der Waals surface area (Å²) in [5.74, 6) is 0.0186. The van der Waals surface area contributed by atoms with Gasteiger partial charge in [0, 0.05) is 6.54 Å². The van der Waals surface area contributed by atoms with Crippen molar-refractivity contribution < 1.29 is 9.53 Å². The molecule has 2 aliphatic rings. The zero-order valence-corrected chi connectivity index (χ0v) is 13.8. The molecule has 1 aliphatic carbocycles. The van der Waals surface area contributed by atoms with Crippen LogP contribution in [0.25, 0.3) is 0 Å². The van der Waals surface area contributed by atoms with Crippen LogP contribution in [0.2, 0.25) is 0 Å². The lowest BCUT2D eigenvalue weighted by atomic mass is 9.74. The number of morpholine rings is 1. The SMILES string of the molecule is CC1CN(C(=O)C2(C#N)CCCCC2)CC(c2ccsc2)O1. The van der Waals surface area contributed by atoms with E-state index in [4.69, 9.17) is 4.74 Å². The summed E-state index contributed by atoms with van der Waals surface area (Å²) >= 11 is 1.64. The molecule has 118 valence electrons. The summed E-state index contributed by atoms with van der Waals surface area (Å²) in [6, 6.07) is 4.40. The Hall–Kier alpha value is -1.38. The molecule has 1 saturated heterocycles. The molecule has 0 aromatic carbocycles. The average Bonchev–Trinajstić information content (AvgIpc) is 3.09. The van der Waals surface area contributed by atoms with Crippen LogP contribution in [0.3, 0.4) is 0 Å². The Labute approximate surface area is 135 Å². The number of carbonyl (C=O) groups is 1. The van der Waals surface area contributed by atoms with Gasteiger partial charge in [-0.2, -0.15) is 16.6 Å². The van der Waals surface area contributed by atoms with Crippen LogP contribution in [0.4, 0.5) is 0 Å². The van der Waals surface area contributed by atoms with E-state index in [2.05, 4.69) is 17.5 Å².